The van der Waals surface area contributed by atoms with Crippen molar-refractivity contribution in [1.29, 1.82) is 0 Å². The standard InChI is InChI=1S/C22H28N8O/c1-3-17-10-18(26-21-25-16-30(27-21)20-13-23-4-5-24-20)12-19(11-17)28-6-8-29(9-7-28)22(2)14-31-15-22/h4-5,10-13,16H,3,6-9,14-15H2,1-2H3,(H,26,27). The van der Waals surface area contributed by atoms with Gasteiger partial charge in [0.25, 0.3) is 0 Å². The van der Waals surface area contributed by atoms with Crippen molar-refractivity contribution >= 4 is 17.3 Å². The molecule has 9 nitrogen and oxygen atoms in total. The first kappa shape index (κ1) is 19.9. The number of anilines is 3. The van der Waals surface area contributed by atoms with E-state index >= 15 is 0 Å². The van der Waals surface area contributed by atoms with E-state index in [1.165, 1.54) is 11.3 Å². The highest BCUT2D eigenvalue weighted by molar-refractivity contribution is 5.64. The second kappa shape index (κ2) is 8.24. The van der Waals surface area contributed by atoms with Crippen LogP contribution in [0.15, 0.2) is 43.1 Å². The molecular weight excluding hydrogens is 392 g/mol. The first-order chi connectivity index (χ1) is 15.1. The minimum Gasteiger partial charge on any atom is -0.377 e. The lowest BCUT2D eigenvalue weighted by Crippen LogP contribution is -2.64. The van der Waals surface area contributed by atoms with Crippen LogP contribution in [0.2, 0.25) is 0 Å². The van der Waals surface area contributed by atoms with Crippen LogP contribution in [0.5, 0.6) is 0 Å². The van der Waals surface area contributed by atoms with Crippen molar-refractivity contribution in [2.75, 3.05) is 49.6 Å². The summed E-state index contributed by atoms with van der Waals surface area (Å²) in [7, 11) is 0. The molecule has 162 valence electrons. The number of aryl methyl sites for hydroxylation is 1. The molecule has 31 heavy (non-hydrogen) atoms. The SMILES string of the molecule is CCc1cc(Nc2ncn(-c3cnccn3)n2)cc(N2CCN(C3(C)COC3)CC2)c1. The van der Waals surface area contributed by atoms with E-state index in [1.807, 2.05) is 0 Å². The fourth-order valence-corrected chi connectivity index (χ4v) is 4.19. The van der Waals surface area contributed by atoms with Crippen molar-refractivity contribution in [2.45, 2.75) is 25.8 Å². The minimum atomic E-state index is 0.220. The molecule has 2 aliphatic rings. The maximum Gasteiger partial charge on any atom is 0.247 e. The van der Waals surface area contributed by atoms with Crippen LogP contribution >= 0.6 is 0 Å². The lowest BCUT2D eigenvalue weighted by atomic mass is 9.96. The molecule has 0 spiro atoms. The van der Waals surface area contributed by atoms with Crippen molar-refractivity contribution in [2.24, 2.45) is 0 Å². The molecule has 0 bridgehead atoms. The van der Waals surface area contributed by atoms with Gasteiger partial charge >= 0.3 is 0 Å². The van der Waals surface area contributed by atoms with Gasteiger partial charge < -0.3 is 15.0 Å². The van der Waals surface area contributed by atoms with Crippen molar-refractivity contribution < 1.29 is 4.74 Å². The van der Waals surface area contributed by atoms with E-state index in [-0.39, 0.29) is 5.54 Å². The Bertz CT molecular complexity index is 1020. The van der Waals surface area contributed by atoms with Gasteiger partial charge in [0.2, 0.25) is 5.95 Å². The molecular formula is C22H28N8O. The molecule has 0 amide bonds. The van der Waals surface area contributed by atoms with E-state index in [0.29, 0.717) is 11.8 Å². The molecule has 9 heteroatoms. The second-order valence-electron chi connectivity index (χ2n) is 8.41. The van der Waals surface area contributed by atoms with Crippen LogP contribution in [0.25, 0.3) is 5.82 Å². The molecule has 0 atom stereocenters. The molecule has 0 unspecified atom stereocenters. The summed E-state index contributed by atoms with van der Waals surface area (Å²) in [6, 6.07) is 6.64. The van der Waals surface area contributed by atoms with Gasteiger partial charge in [-0.25, -0.2) is 4.98 Å². The van der Waals surface area contributed by atoms with Crippen LogP contribution in [0, 0.1) is 0 Å². The van der Waals surface area contributed by atoms with Crippen LogP contribution in [0.3, 0.4) is 0 Å². The van der Waals surface area contributed by atoms with E-state index in [1.54, 1.807) is 29.6 Å². The zero-order valence-corrected chi connectivity index (χ0v) is 18.0. The van der Waals surface area contributed by atoms with Crippen molar-refractivity contribution in [3.05, 3.63) is 48.7 Å². The first-order valence-electron chi connectivity index (χ1n) is 10.8. The summed E-state index contributed by atoms with van der Waals surface area (Å²) >= 11 is 0. The zero-order chi connectivity index (χ0) is 21.3. The average Bonchev–Trinajstić information content (AvgIpc) is 3.26. The maximum absolute atomic E-state index is 5.45. The van der Waals surface area contributed by atoms with E-state index in [2.05, 4.69) is 67.2 Å². The average molecular weight is 421 g/mol. The molecule has 5 rings (SSSR count). The predicted molar refractivity (Wildman–Crippen MR) is 119 cm³/mol. The number of benzene rings is 1. The quantitative estimate of drug-likeness (QED) is 0.650. The minimum absolute atomic E-state index is 0.220. The number of nitrogens with zero attached hydrogens (tertiary/aromatic N) is 7. The molecule has 2 fully saturated rings. The Hall–Kier alpha value is -3.04. The van der Waals surface area contributed by atoms with Gasteiger partial charge in [-0.2, -0.15) is 9.67 Å². The summed E-state index contributed by atoms with van der Waals surface area (Å²) in [5, 5.41) is 7.84. The van der Waals surface area contributed by atoms with E-state index < -0.39 is 0 Å². The van der Waals surface area contributed by atoms with Gasteiger partial charge in [0.15, 0.2) is 5.82 Å². The maximum atomic E-state index is 5.45. The number of piperazine rings is 1. The molecule has 1 aromatic carbocycles. The van der Waals surface area contributed by atoms with Crippen molar-refractivity contribution in [1.82, 2.24) is 29.6 Å². The number of hydrogen-bond acceptors (Lipinski definition) is 8. The summed E-state index contributed by atoms with van der Waals surface area (Å²) in [6.07, 6.45) is 7.54. The lowest BCUT2D eigenvalue weighted by molar-refractivity contribution is -0.131. The summed E-state index contributed by atoms with van der Waals surface area (Å²) in [4.78, 5) is 17.8. The molecule has 3 aromatic rings. The Morgan fingerprint density at radius 1 is 1.06 bits per heavy atom. The normalized spacial score (nSPS) is 18.6. The van der Waals surface area contributed by atoms with Gasteiger partial charge in [0.1, 0.15) is 6.33 Å². The Morgan fingerprint density at radius 2 is 1.90 bits per heavy atom. The largest absolute Gasteiger partial charge is 0.377 e. The smallest absolute Gasteiger partial charge is 0.247 e. The van der Waals surface area contributed by atoms with E-state index in [4.69, 9.17) is 4.74 Å². The summed E-state index contributed by atoms with van der Waals surface area (Å²) in [5.41, 5.74) is 3.74. The van der Waals surface area contributed by atoms with E-state index in [0.717, 1.165) is 51.5 Å². The van der Waals surface area contributed by atoms with Gasteiger partial charge in [0.05, 0.1) is 24.9 Å². The molecule has 0 aliphatic carbocycles. The predicted octanol–water partition coefficient (Wildman–Crippen LogP) is 2.27. The highest BCUT2D eigenvalue weighted by Gasteiger charge is 2.40. The molecule has 0 radical (unpaired) electrons. The molecule has 0 saturated carbocycles. The Balaban J connectivity index is 1.30. The number of hydrogen-bond donors (Lipinski definition) is 1. The topological polar surface area (TPSA) is 84.2 Å². The van der Waals surface area contributed by atoms with Crippen molar-refractivity contribution in [3.63, 3.8) is 0 Å². The molecule has 2 aliphatic heterocycles. The molecule has 2 saturated heterocycles. The van der Waals surface area contributed by atoms with Gasteiger partial charge in [-0.3, -0.25) is 9.88 Å². The van der Waals surface area contributed by atoms with Gasteiger partial charge in [-0.15, -0.1) is 5.10 Å². The third-order valence-electron chi connectivity index (χ3n) is 6.15. The third-order valence-corrected chi connectivity index (χ3v) is 6.15. The zero-order valence-electron chi connectivity index (χ0n) is 18.0. The Morgan fingerprint density at radius 3 is 2.58 bits per heavy atom. The highest BCUT2D eigenvalue weighted by Crippen LogP contribution is 2.29. The third kappa shape index (κ3) is 4.11. The van der Waals surface area contributed by atoms with Crippen LogP contribution in [-0.2, 0) is 11.2 Å². The molecule has 4 heterocycles. The fraction of sp³-hybridized carbons (Fsp3) is 0.455. The van der Waals surface area contributed by atoms with Gasteiger partial charge in [-0.1, -0.05) is 6.92 Å². The number of nitrogens with one attached hydrogen (secondary N) is 1. The number of aromatic nitrogens is 5. The van der Waals surface area contributed by atoms with Crippen LogP contribution in [0.4, 0.5) is 17.3 Å². The number of ether oxygens (including phenoxy) is 1. The number of rotatable bonds is 6. The van der Waals surface area contributed by atoms with Crippen LogP contribution in [0.1, 0.15) is 19.4 Å². The summed E-state index contributed by atoms with van der Waals surface area (Å²) < 4.78 is 7.07. The molecule has 1 N–H and O–H groups in total. The first-order valence-corrected chi connectivity index (χ1v) is 10.8. The highest BCUT2D eigenvalue weighted by atomic mass is 16.5. The van der Waals surface area contributed by atoms with Gasteiger partial charge in [-0.05, 0) is 37.1 Å². The second-order valence-corrected chi connectivity index (χ2v) is 8.41. The summed E-state index contributed by atoms with van der Waals surface area (Å²) in [6.45, 7) is 10.3. The monoisotopic (exact) mass is 420 g/mol. The molecule has 2 aromatic heterocycles. The Kier molecular flexibility index (Phi) is 5.29. The lowest BCUT2D eigenvalue weighted by Gasteiger charge is -2.50. The summed E-state index contributed by atoms with van der Waals surface area (Å²) in [5.74, 6) is 1.17. The van der Waals surface area contributed by atoms with Crippen LogP contribution in [-0.4, -0.2) is 74.6 Å². The van der Waals surface area contributed by atoms with Gasteiger partial charge in [0, 0.05) is 49.9 Å². The van der Waals surface area contributed by atoms with Crippen molar-refractivity contribution in [3.8, 4) is 5.82 Å². The van der Waals surface area contributed by atoms with E-state index in [9.17, 15) is 0 Å². The Labute approximate surface area is 182 Å². The fourth-order valence-electron chi connectivity index (χ4n) is 4.19. The van der Waals surface area contributed by atoms with Crippen LogP contribution < -0.4 is 10.2 Å².